The molecule has 90 valence electrons. The van der Waals surface area contributed by atoms with Crippen molar-refractivity contribution < 1.29 is 9.59 Å². The molecule has 0 saturated heterocycles. The molecular weight excluding hydrogens is 244 g/mol. The van der Waals surface area contributed by atoms with Gasteiger partial charge in [-0.2, -0.15) is 0 Å². The van der Waals surface area contributed by atoms with E-state index in [9.17, 15) is 9.59 Å². The number of benzene rings is 2. The Bertz CT molecular complexity index is 559. The quantitative estimate of drug-likeness (QED) is 0.479. The Morgan fingerprint density at radius 3 is 2.11 bits per heavy atom. The molecule has 0 bridgehead atoms. The number of ketones is 1. The van der Waals surface area contributed by atoms with Crippen molar-refractivity contribution in [1.82, 2.24) is 0 Å². The van der Waals surface area contributed by atoms with E-state index in [4.69, 9.17) is 0 Å². The molecule has 0 radical (unpaired) electrons. The second-order valence-corrected chi connectivity index (χ2v) is 4.94. The number of hydrogen-bond acceptors (Lipinski definition) is 3. The van der Waals surface area contributed by atoms with Crippen LogP contribution in [-0.4, -0.2) is 10.9 Å². The van der Waals surface area contributed by atoms with Crippen LogP contribution in [0.2, 0.25) is 0 Å². The number of aryl methyl sites for hydroxylation is 1. The highest BCUT2D eigenvalue weighted by Crippen LogP contribution is 2.21. The molecule has 18 heavy (non-hydrogen) atoms. The molecule has 2 aromatic carbocycles. The monoisotopic (exact) mass is 256 g/mol. The summed E-state index contributed by atoms with van der Waals surface area (Å²) in [7, 11) is 0. The zero-order valence-electron chi connectivity index (χ0n) is 9.92. The zero-order valence-corrected chi connectivity index (χ0v) is 10.7. The fourth-order valence-electron chi connectivity index (χ4n) is 1.47. The Morgan fingerprint density at radius 1 is 0.889 bits per heavy atom. The van der Waals surface area contributed by atoms with E-state index >= 15 is 0 Å². The maximum atomic E-state index is 11.8. The Hall–Kier alpha value is -1.87. The van der Waals surface area contributed by atoms with E-state index < -0.39 is 10.9 Å². The second kappa shape index (κ2) is 5.65. The van der Waals surface area contributed by atoms with E-state index in [0.717, 1.165) is 22.2 Å². The van der Waals surface area contributed by atoms with E-state index in [1.807, 2.05) is 37.3 Å². The average Bonchev–Trinajstić information content (AvgIpc) is 2.41. The van der Waals surface area contributed by atoms with Gasteiger partial charge >= 0.3 is 0 Å². The summed E-state index contributed by atoms with van der Waals surface area (Å²) in [6.07, 6.45) is 0. The first-order chi connectivity index (χ1) is 8.66. The van der Waals surface area contributed by atoms with Crippen molar-refractivity contribution >= 4 is 22.7 Å². The molecule has 0 saturated carbocycles. The molecule has 2 rings (SSSR count). The molecule has 0 unspecified atom stereocenters. The van der Waals surface area contributed by atoms with E-state index in [1.165, 1.54) is 0 Å². The lowest BCUT2D eigenvalue weighted by Crippen LogP contribution is -2.09. The van der Waals surface area contributed by atoms with E-state index in [2.05, 4.69) is 0 Å². The van der Waals surface area contributed by atoms with Gasteiger partial charge in [0, 0.05) is 10.5 Å². The van der Waals surface area contributed by atoms with Crippen molar-refractivity contribution in [2.75, 3.05) is 0 Å². The molecule has 0 aromatic heterocycles. The van der Waals surface area contributed by atoms with Gasteiger partial charge in [-0.15, -0.1) is 0 Å². The fraction of sp³-hybridized carbons (Fsp3) is 0.0667. The van der Waals surface area contributed by atoms with Gasteiger partial charge in [0.1, 0.15) is 0 Å². The van der Waals surface area contributed by atoms with Crippen LogP contribution in [0.4, 0.5) is 0 Å². The van der Waals surface area contributed by atoms with Crippen LogP contribution < -0.4 is 0 Å². The maximum Gasteiger partial charge on any atom is 0.264 e. The third-order valence-corrected chi connectivity index (χ3v) is 3.33. The van der Waals surface area contributed by atoms with Crippen molar-refractivity contribution in [2.24, 2.45) is 0 Å². The summed E-state index contributed by atoms with van der Waals surface area (Å²) in [5, 5.41) is -0.454. The topological polar surface area (TPSA) is 34.1 Å². The molecule has 0 aliphatic heterocycles. The Morgan fingerprint density at radius 2 is 1.50 bits per heavy atom. The van der Waals surface area contributed by atoms with Crippen molar-refractivity contribution in [3.63, 3.8) is 0 Å². The van der Waals surface area contributed by atoms with Crippen molar-refractivity contribution in [2.45, 2.75) is 11.8 Å². The third kappa shape index (κ3) is 3.08. The second-order valence-electron chi connectivity index (χ2n) is 3.90. The lowest BCUT2D eigenvalue weighted by molar-refractivity contribution is -0.107. The van der Waals surface area contributed by atoms with E-state index in [1.54, 1.807) is 24.3 Å². The predicted molar refractivity (Wildman–Crippen MR) is 72.8 cm³/mol. The molecule has 0 heterocycles. The van der Waals surface area contributed by atoms with E-state index in [-0.39, 0.29) is 0 Å². The molecule has 2 aromatic rings. The van der Waals surface area contributed by atoms with Crippen molar-refractivity contribution in [1.29, 1.82) is 0 Å². The molecule has 0 aliphatic rings. The van der Waals surface area contributed by atoms with E-state index in [0.29, 0.717) is 5.56 Å². The molecule has 2 nitrogen and oxygen atoms in total. The minimum atomic E-state index is -0.457. The first kappa shape index (κ1) is 12.6. The fourth-order valence-corrected chi connectivity index (χ4v) is 2.16. The summed E-state index contributed by atoms with van der Waals surface area (Å²) in [6.45, 7) is 1.98. The smallest absolute Gasteiger partial charge is 0.264 e. The number of carbonyl (C=O) groups is 2. The molecule has 0 fully saturated rings. The highest BCUT2D eigenvalue weighted by molar-refractivity contribution is 8.15. The molecule has 3 heteroatoms. The summed E-state index contributed by atoms with van der Waals surface area (Å²) < 4.78 is 0. The zero-order chi connectivity index (χ0) is 13.0. The molecule has 0 atom stereocenters. The van der Waals surface area contributed by atoms with Gasteiger partial charge in [-0.25, -0.2) is 0 Å². The standard InChI is InChI=1S/C15H12O2S/c1-11-7-9-13(10-8-11)18-15(17)14(16)12-5-3-2-4-6-12/h2-10H,1H3. The minimum absolute atomic E-state index is 0.433. The molecule has 0 aliphatic carbocycles. The summed E-state index contributed by atoms with van der Waals surface area (Å²) in [4.78, 5) is 24.4. The van der Waals surface area contributed by atoms with Crippen molar-refractivity contribution in [3.05, 3.63) is 65.7 Å². The van der Waals surface area contributed by atoms with Crippen LogP contribution in [0.15, 0.2) is 59.5 Å². The van der Waals surface area contributed by atoms with Gasteiger partial charge in [-0.1, -0.05) is 48.0 Å². The van der Waals surface area contributed by atoms with Crippen LogP contribution in [0.1, 0.15) is 15.9 Å². The van der Waals surface area contributed by atoms with Crippen LogP contribution in [0.5, 0.6) is 0 Å². The van der Waals surface area contributed by atoms with Gasteiger partial charge in [0.05, 0.1) is 0 Å². The number of Topliss-reactive ketones (excluding diaryl/α,β-unsaturated/α-hetero) is 1. The van der Waals surface area contributed by atoms with Crippen LogP contribution in [-0.2, 0) is 4.79 Å². The Balaban J connectivity index is 2.09. The Labute approximate surface area is 110 Å². The van der Waals surface area contributed by atoms with Crippen LogP contribution >= 0.6 is 11.8 Å². The number of thioether (sulfide) groups is 1. The summed E-state index contributed by atoms with van der Waals surface area (Å²) in [5.74, 6) is -0.457. The van der Waals surface area contributed by atoms with Gasteiger partial charge in [0.15, 0.2) is 0 Å². The lowest BCUT2D eigenvalue weighted by atomic mass is 10.1. The van der Waals surface area contributed by atoms with Crippen LogP contribution in [0.3, 0.4) is 0 Å². The first-order valence-corrected chi connectivity index (χ1v) is 6.37. The normalized spacial score (nSPS) is 10.1. The highest BCUT2D eigenvalue weighted by Gasteiger charge is 2.16. The number of rotatable bonds is 3. The maximum absolute atomic E-state index is 11.8. The summed E-state index contributed by atoms with van der Waals surface area (Å²) in [6, 6.07) is 16.1. The van der Waals surface area contributed by atoms with Gasteiger partial charge in [0.25, 0.3) is 5.12 Å². The Kier molecular flexibility index (Phi) is 3.95. The van der Waals surface area contributed by atoms with Crippen LogP contribution in [0.25, 0.3) is 0 Å². The SMILES string of the molecule is Cc1ccc(SC(=O)C(=O)c2ccccc2)cc1. The summed E-state index contributed by atoms with van der Waals surface area (Å²) in [5.41, 5.74) is 1.56. The minimum Gasteiger partial charge on any atom is -0.284 e. The molecule has 0 amide bonds. The predicted octanol–water partition coefficient (Wildman–Crippen LogP) is 3.50. The number of hydrogen-bond donors (Lipinski definition) is 0. The van der Waals surface area contributed by atoms with Gasteiger partial charge < -0.3 is 0 Å². The molecule has 0 N–H and O–H groups in total. The molecule has 0 spiro atoms. The third-order valence-electron chi connectivity index (χ3n) is 2.45. The van der Waals surface area contributed by atoms with Gasteiger partial charge in [-0.05, 0) is 30.8 Å². The average molecular weight is 256 g/mol. The van der Waals surface area contributed by atoms with Gasteiger partial charge in [-0.3, -0.25) is 9.59 Å². The van der Waals surface area contributed by atoms with Crippen LogP contribution in [0, 0.1) is 6.92 Å². The largest absolute Gasteiger partial charge is 0.284 e. The number of carbonyl (C=O) groups excluding carboxylic acids is 2. The molecular formula is C15H12O2S. The highest BCUT2D eigenvalue weighted by atomic mass is 32.2. The summed E-state index contributed by atoms with van der Waals surface area (Å²) >= 11 is 0.967. The van der Waals surface area contributed by atoms with Crippen molar-refractivity contribution in [3.8, 4) is 0 Å². The lowest BCUT2D eigenvalue weighted by Gasteiger charge is -2.01. The van der Waals surface area contributed by atoms with Gasteiger partial charge in [0.2, 0.25) is 5.78 Å². The first-order valence-electron chi connectivity index (χ1n) is 5.55.